The molecule has 106 valence electrons. The first-order valence-electron chi connectivity index (χ1n) is 6.96. The van der Waals surface area contributed by atoms with Crippen molar-refractivity contribution in [1.29, 1.82) is 0 Å². The van der Waals surface area contributed by atoms with Gasteiger partial charge < -0.3 is 10.3 Å². The highest BCUT2D eigenvalue weighted by Gasteiger charge is 2.19. The van der Waals surface area contributed by atoms with Gasteiger partial charge >= 0.3 is 0 Å². The number of nitrogens with zero attached hydrogens (tertiary/aromatic N) is 1. The number of anilines is 1. The Bertz CT molecular complexity index is 785. The van der Waals surface area contributed by atoms with Crippen molar-refractivity contribution < 1.29 is 4.52 Å². The van der Waals surface area contributed by atoms with Crippen LogP contribution in [0.2, 0.25) is 0 Å². The molecule has 0 amide bonds. The zero-order valence-corrected chi connectivity index (χ0v) is 12.5. The van der Waals surface area contributed by atoms with Crippen LogP contribution in [0.4, 0.5) is 5.88 Å². The summed E-state index contributed by atoms with van der Waals surface area (Å²) in [5.41, 5.74) is 13.4. The van der Waals surface area contributed by atoms with E-state index in [4.69, 9.17) is 10.3 Å². The first kappa shape index (κ1) is 13.4. The van der Waals surface area contributed by atoms with Crippen LogP contribution in [0.3, 0.4) is 0 Å². The number of hydrogen-bond acceptors (Lipinski definition) is 3. The maximum atomic E-state index is 6.01. The maximum Gasteiger partial charge on any atom is 0.230 e. The monoisotopic (exact) mass is 278 g/mol. The summed E-state index contributed by atoms with van der Waals surface area (Å²) < 4.78 is 5.26. The van der Waals surface area contributed by atoms with Crippen molar-refractivity contribution in [2.45, 2.75) is 20.8 Å². The fourth-order valence-electron chi connectivity index (χ4n) is 2.49. The van der Waals surface area contributed by atoms with E-state index < -0.39 is 0 Å². The lowest BCUT2D eigenvalue weighted by Crippen LogP contribution is -1.91. The Morgan fingerprint density at radius 1 is 0.952 bits per heavy atom. The normalized spacial score (nSPS) is 10.8. The van der Waals surface area contributed by atoms with Crippen molar-refractivity contribution in [2.24, 2.45) is 0 Å². The molecule has 0 spiro atoms. The number of rotatable bonds is 2. The van der Waals surface area contributed by atoms with Gasteiger partial charge in [0.25, 0.3) is 0 Å². The number of hydrogen-bond donors (Lipinski definition) is 1. The van der Waals surface area contributed by atoms with Crippen LogP contribution < -0.4 is 5.73 Å². The predicted octanol–water partition coefficient (Wildman–Crippen LogP) is 4.52. The van der Waals surface area contributed by atoms with Gasteiger partial charge in [-0.3, -0.25) is 0 Å². The first-order valence-corrected chi connectivity index (χ1v) is 6.96. The molecule has 0 saturated carbocycles. The number of aryl methyl sites for hydroxylation is 2. The molecule has 1 heterocycles. The van der Waals surface area contributed by atoms with Gasteiger partial charge in [0, 0.05) is 5.56 Å². The first-order chi connectivity index (χ1) is 10.1. The third-order valence-corrected chi connectivity index (χ3v) is 3.92. The molecule has 3 nitrogen and oxygen atoms in total. The Morgan fingerprint density at radius 2 is 1.67 bits per heavy atom. The molecule has 0 saturated heterocycles. The smallest absolute Gasteiger partial charge is 0.230 e. The van der Waals surface area contributed by atoms with Crippen LogP contribution in [0.15, 0.2) is 47.0 Å². The highest BCUT2D eigenvalue weighted by molar-refractivity contribution is 5.88. The van der Waals surface area contributed by atoms with Crippen molar-refractivity contribution in [3.63, 3.8) is 0 Å². The van der Waals surface area contributed by atoms with Crippen molar-refractivity contribution in [2.75, 3.05) is 5.73 Å². The molecule has 0 aliphatic carbocycles. The molecule has 21 heavy (non-hydrogen) atoms. The minimum Gasteiger partial charge on any atom is -0.367 e. The molecular weight excluding hydrogens is 260 g/mol. The van der Waals surface area contributed by atoms with E-state index in [0.29, 0.717) is 5.88 Å². The van der Waals surface area contributed by atoms with Gasteiger partial charge in [-0.1, -0.05) is 53.2 Å². The summed E-state index contributed by atoms with van der Waals surface area (Å²) in [5, 5.41) is 4.19. The Hall–Kier alpha value is -2.55. The van der Waals surface area contributed by atoms with E-state index in [1.54, 1.807) is 0 Å². The molecule has 0 bridgehead atoms. The second kappa shape index (κ2) is 5.09. The average Bonchev–Trinajstić information content (AvgIpc) is 2.85. The quantitative estimate of drug-likeness (QED) is 0.750. The SMILES string of the molecule is Cc1ccc(-c2c(-c3cccc(C)c3C)noc2N)cc1. The lowest BCUT2D eigenvalue weighted by molar-refractivity contribution is 0.439. The number of nitrogen functional groups attached to an aromatic ring is 1. The second-order valence-electron chi connectivity index (χ2n) is 5.38. The maximum absolute atomic E-state index is 6.01. The van der Waals surface area contributed by atoms with E-state index in [2.05, 4.69) is 50.2 Å². The Labute approximate surface area is 124 Å². The van der Waals surface area contributed by atoms with Crippen LogP contribution in [-0.2, 0) is 0 Å². The number of aromatic nitrogens is 1. The van der Waals surface area contributed by atoms with Crippen LogP contribution in [-0.4, -0.2) is 5.16 Å². The van der Waals surface area contributed by atoms with Crippen LogP contribution in [0, 0.1) is 20.8 Å². The summed E-state index contributed by atoms with van der Waals surface area (Å²) in [7, 11) is 0. The lowest BCUT2D eigenvalue weighted by Gasteiger charge is -2.08. The molecule has 2 N–H and O–H groups in total. The number of nitrogens with two attached hydrogens (primary N) is 1. The zero-order valence-electron chi connectivity index (χ0n) is 12.5. The van der Waals surface area contributed by atoms with Crippen LogP contribution in [0.1, 0.15) is 16.7 Å². The fourth-order valence-corrected chi connectivity index (χ4v) is 2.49. The fraction of sp³-hybridized carbons (Fsp3) is 0.167. The molecule has 0 radical (unpaired) electrons. The molecular formula is C18H18N2O. The van der Waals surface area contributed by atoms with E-state index in [0.717, 1.165) is 22.4 Å². The largest absolute Gasteiger partial charge is 0.367 e. The summed E-state index contributed by atoms with van der Waals surface area (Å²) >= 11 is 0. The van der Waals surface area contributed by atoms with Gasteiger partial charge in [-0.2, -0.15) is 0 Å². The van der Waals surface area contributed by atoms with Crippen LogP contribution in [0.5, 0.6) is 0 Å². The van der Waals surface area contributed by atoms with Gasteiger partial charge in [0.05, 0.1) is 5.56 Å². The van der Waals surface area contributed by atoms with Gasteiger partial charge in [-0.25, -0.2) is 0 Å². The van der Waals surface area contributed by atoms with Crippen molar-refractivity contribution in [3.05, 3.63) is 59.2 Å². The predicted molar refractivity (Wildman–Crippen MR) is 86.0 cm³/mol. The van der Waals surface area contributed by atoms with E-state index in [1.807, 2.05) is 18.2 Å². The van der Waals surface area contributed by atoms with E-state index in [-0.39, 0.29) is 0 Å². The Morgan fingerprint density at radius 3 is 2.38 bits per heavy atom. The van der Waals surface area contributed by atoms with Crippen LogP contribution in [0.25, 0.3) is 22.4 Å². The third kappa shape index (κ3) is 2.31. The lowest BCUT2D eigenvalue weighted by atomic mass is 9.95. The highest BCUT2D eigenvalue weighted by atomic mass is 16.5. The molecule has 0 unspecified atom stereocenters. The summed E-state index contributed by atoms with van der Waals surface area (Å²) in [6, 6.07) is 14.4. The molecule has 0 aliphatic heterocycles. The van der Waals surface area contributed by atoms with Gasteiger partial charge in [-0.05, 0) is 37.5 Å². The van der Waals surface area contributed by atoms with E-state index >= 15 is 0 Å². The molecule has 0 atom stereocenters. The zero-order chi connectivity index (χ0) is 15.0. The van der Waals surface area contributed by atoms with Crippen LogP contribution >= 0.6 is 0 Å². The van der Waals surface area contributed by atoms with Gasteiger partial charge in [0.15, 0.2) is 0 Å². The second-order valence-corrected chi connectivity index (χ2v) is 5.38. The minimum atomic E-state index is 0.356. The third-order valence-electron chi connectivity index (χ3n) is 3.92. The molecule has 0 aliphatic rings. The summed E-state index contributed by atoms with van der Waals surface area (Å²) in [4.78, 5) is 0. The number of benzene rings is 2. The van der Waals surface area contributed by atoms with Crippen molar-refractivity contribution in [3.8, 4) is 22.4 Å². The summed E-state index contributed by atoms with van der Waals surface area (Å²) in [6.07, 6.45) is 0. The molecule has 2 aromatic carbocycles. The summed E-state index contributed by atoms with van der Waals surface area (Å²) in [5.74, 6) is 0.356. The minimum absolute atomic E-state index is 0.356. The average molecular weight is 278 g/mol. The Kier molecular flexibility index (Phi) is 3.26. The molecule has 1 aromatic heterocycles. The van der Waals surface area contributed by atoms with Gasteiger partial charge in [0.2, 0.25) is 5.88 Å². The molecule has 3 rings (SSSR count). The van der Waals surface area contributed by atoms with Crippen molar-refractivity contribution in [1.82, 2.24) is 5.16 Å². The Balaban J connectivity index is 2.22. The summed E-state index contributed by atoms with van der Waals surface area (Å²) in [6.45, 7) is 6.24. The van der Waals surface area contributed by atoms with E-state index in [1.165, 1.54) is 16.7 Å². The van der Waals surface area contributed by atoms with Crippen molar-refractivity contribution >= 4 is 5.88 Å². The standard InChI is InChI=1S/C18H18N2O/c1-11-7-9-14(10-8-11)16-17(20-21-18(16)19)15-6-4-5-12(2)13(15)3/h4-10H,19H2,1-3H3. The molecule has 3 aromatic rings. The highest BCUT2D eigenvalue weighted by Crippen LogP contribution is 2.37. The van der Waals surface area contributed by atoms with E-state index in [9.17, 15) is 0 Å². The van der Waals surface area contributed by atoms with Gasteiger partial charge in [0.1, 0.15) is 5.69 Å². The van der Waals surface area contributed by atoms with Gasteiger partial charge in [-0.15, -0.1) is 0 Å². The topological polar surface area (TPSA) is 52.0 Å². The molecule has 0 fully saturated rings. The molecule has 3 heteroatoms.